The van der Waals surface area contributed by atoms with Crippen LogP contribution in [-0.4, -0.2) is 27.8 Å². The largest absolute Gasteiger partial charge is 0.464 e. The minimum Gasteiger partial charge on any atom is -0.464 e. The monoisotopic (exact) mass is 391 g/mol. The van der Waals surface area contributed by atoms with Crippen molar-refractivity contribution in [2.24, 2.45) is 0 Å². The van der Waals surface area contributed by atoms with E-state index in [2.05, 4.69) is 9.97 Å². The Balaban J connectivity index is 1.36. The van der Waals surface area contributed by atoms with E-state index in [1.54, 1.807) is 23.7 Å². The lowest BCUT2D eigenvalue weighted by atomic mass is 10.1. The van der Waals surface area contributed by atoms with E-state index >= 15 is 0 Å². The van der Waals surface area contributed by atoms with Gasteiger partial charge in [0.25, 0.3) is 5.91 Å². The summed E-state index contributed by atoms with van der Waals surface area (Å²) in [5.41, 5.74) is 3.83. The van der Waals surface area contributed by atoms with Gasteiger partial charge < -0.3 is 14.3 Å². The van der Waals surface area contributed by atoms with Crippen molar-refractivity contribution in [1.82, 2.24) is 14.9 Å². The number of nitrogens with one attached hydrogen (secondary N) is 1. The Labute approximate surface area is 167 Å². The molecule has 0 aliphatic carbocycles. The first-order valence-corrected chi connectivity index (χ1v) is 10.0. The number of H-pyrrole nitrogens is 1. The normalized spacial score (nSPS) is 11.1. The number of carbonyl (C=O) groups is 1. The predicted octanol–water partition coefficient (Wildman–Crippen LogP) is 5.03. The van der Waals surface area contributed by atoms with Gasteiger partial charge in [0, 0.05) is 18.4 Å². The molecular formula is C22H21N3O2S. The van der Waals surface area contributed by atoms with E-state index < -0.39 is 0 Å². The SMILES string of the molecule is Cc1ccc(CN(C)C(=O)c2ccc(CSc3nc4ccccc4[nH]3)cc2)o1. The van der Waals surface area contributed by atoms with E-state index in [-0.39, 0.29) is 5.91 Å². The molecule has 4 rings (SSSR count). The first kappa shape index (κ1) is 18.4. The molecule has 0 spiro atoms. The molecule has 2 aromatic heterocycles. The summed E-state index contributed by atoms with van der Waals surface area (Å²) in [7, 11) is 1.78. The molecule has 0 saturated carbocycles. The van der Waals surface area contributed by atoms with Crippen LogP contribution >= 0.6 is 11.8 Å². The lowest BCUT2D eigenvalue weighted by Crippen LogP contribution is -2.25. The molecule has 6 heteroatoms. The molecule has 0 radical (unpaired) electrons. The van der Waals surface area contributed by atoms with Gasteiger partial charge in [-0.3, -0.25) is 4.79 Å². The Hall–Kier alpha value is -2.99. The molecule has 0 fully saturated rings. The number of aryl methyl sites for hydroxylation is 1. The summed E-state index contributed by atoms with van der Waals surface area (Å²) < 4.78 is 5.55. The minimum absolute atomic E-state index is 0.0226. The molecule has 1 amide bonds. The van der Waals surface area contributed by atoms with Crippen LogP contribution in [0.1, 0.15) is 27.4 Å². The van der Waals surface area contributed by atoms with Gasteiger partial charge in [-0.1, -0.05) is 36.0 Å². The second kappa shape index (κ2) is 7.94. The van der Waals surface area contributed by atoms with Gasteiger partial charge >= 0.3 is 0 Å². The van der Waals surface area contributed by atoms with Crippen LogP contribution in [0.25, 0.3) is 11.0 Å². The molecule has 0 aliphatic heterocycles. The molecule has 4 aromatic rings. The van der Waals surface area contributed by atoms with Gasteiger partial charge in [0.15, 0.2) is 5.16 Å². The van der Waals surface area contributed by atoms with Gasteiger partial charge in [-0.2, -0.15) is 0 Å². The summed E-state index contributed by atoms with van der Waals surface area (Å²) in [4.78, 5) is 22.2. The van der Waals surface area contributed by atoms with E-state index in [0.29, 0.717) is 12.1 Å². The van der Waals surface area contributed by atoms with Crippen molar-refractivity contribution in [3.8, 4) is 0 Å². The van der Waals surface area contributed by atoms with Crippen LogP contribution in [-0.2, 0) is 12.3 Å². The lowest BCUT2D eigenvalue weighted by molar-refractivity contribution is 0.0775. The number of fused-ring (bicyclic) bond motifs is 1. The minimum atomic E-state index is -0.0226. The Morgan fingerprint density at radius 3 is 2.61 bits per heavy atom. The Bertz CT molecular complexity index is 1070. The van der Waals surface area contributed by atoms with Gasteiger partial charge in [-0.05, 0) is 48.9 Å². The highest BCUT2D eigenvalue weighted by Crippen LogP contribution is 2.23. The fraction of sp³-hybridized carbons (Fsp3) is 0.182. The van der Waals surface area contributed by atoms with Crippen LogP contribution < -0.4 is 0 Å². The number of benzene rings is 2. The molecule has 28 heavy (non-hydrogen) atoms. The summed E-state index contributed by atoms with van der Waals surface area (Å²) in [6, 6.07) is 19.5. The van der Waals surface area contributed by atoms with Gasteiger partial charge in [0.2, 0.25) is 0 Å². The number of imidazole rings is 1. The summed E-state index contributed by atoms with van der Waals surface area (Å²) >= 11 is 1.65. The number of rotatable bonds is 6. The topological polar surface area (TPSA) is 62.1 Å². The number of nitrogens with zero attached hydrogens (tertiary/aromatic N) is 2. The standard InChI is InChI=1S/C22H21N3O2S/c1-15-7-12-18(27-15)13-25(2)21(26)17-10-8-16(9-11-17)14-28-22-23-19-5-3-4-6-20(19)24-22/h3-12H,13-14H2,1-2H3,(H,23,24). The number of hydrogen-bond acceptors (Lipinski definition) is 4. The summed E-state index contributed by atoms with van der Waals surface area (Å²) in [5, 5.41) is 0.898. The number of thioether (sulfide) groups is 1. The van der Waals surface area contributed by atoms with Crippen LogP contribution in [0.2, 0.25) is 0 Å². The highest BCUT2D eigenvalue weighted by molar-refractivity contribution is 7.98. The van der Waals surface area contributed by atoms with E-state index in [1.807, 2.05) is 67.6 Å². The highest BCUT2D eigenvalue weighted by atomic mass is 32.2. The Kier molecular flexibility index (Phi) is 5.21. The molecule has 2 heterocycles. The molecule has 0 saturated heterocycles. The highest BCUT2D eigenvalue weighted by Gasteiger charge is 2.13. The first-order chi connectivity index (χ1) is 13.6. The second-order valence-electron chi connectivity index (χ2n) is 6.72. The number of furan rings is 1. The first-order valence-electron chi connectivity index (χ1n) is 9.06. The van der Waals surface area contributed by atoms with Gasteiger partial charge in [-0.25, -0.2) is 4.98 Å². The van der Waals surface area contributed by atoms with E-state index in [4.69, 9.17) is 4.42 Å². The molecule has 0 unspecified atom stereocenters. The van der Waals surface area contributed by atoms with E-state index in [9.17, 15) is 4.79 Å². The zero-order chi connectivity index (χ0) is 19.5. The quantitative estimate of drug-likeness (QED) is 0.468. The zero-order valence-corrected chi connectivity index (χ0v) is 16.6. The fourth-order valence-electron chi connectivity index (χ4n) is 2.99. The molecular weight excluding hydrogens is 370 g/mol. The maximum absolute atomic E-state index is 12.6. The second-order valence-corrected chi connectivity index (χ2v) is 7.68. The number of aromatic nitrogens is 2. The molecule has 1 N–H and O–H groups in total. The van der Waals surface area contributed by atoms with Crippen LogP contribution in [0.5, 0.6) is 0 Å². The van der Waals surface area contributed by atoms with Crippen LogP contribution in [0, 0.1) is 6.92 Å². The number of aromatic amines is 1. The van der Waals surface area contributed by atoms with Crippen molar-refractivity contribution < 1.29 is 9.21 Å². The molecule has 2 aromatic carbocycles. The van der Waals surface area contributed by atoms with E-state index in [1.165, 1.54) is 0 Å². The van der Waals surface area contributed by atoms with Crippen LogP contribution in [0.4, 0.5) is 0 Å². The molecule has 0 aliphatic rings. The van der Waals surface area contributed by atoms with Gasteiger partial charge in [0.1, 0.15) is 11.5 Å². The third-order valence-electron chi connectivity index (χ3n) is 4.48. The molecule has 0 bridgehead atoms. The third-order valence-corrected chi connectivity index (χ3v) is 5.42. The van der Waals surface area contributed by atoms with Crippen LogP contribution in [0.15, 0.2) is 70.2 Å². The van der Waals surface area contributed by atoms with Crippen molar-refractivity contribution in [2.75, 3.05) is 7.05 Å². The van der Waals surface area contributed by atoms with Crippen molar-refractivity contribution in [1.29, 1.82) is 0 Å². The van der Waals surface area contributed by atoms with Crippen LogP contribution in [0.3, 0.4) is 0 Å². The van der Waals surface area contributed by atoms with Gasteiger partial charge in [0.05, 0.1) is 17.6 Å². The van der Waals surface area contributed by atoms with Crippen molar-refractivity contribution in [3.05, 3.63) is 83.3 Å². The number of hydrogen-bond donors (Lipinski definition) is 1. The maximum atomic E-state index is 12.6. The smallest absolute Gasteiger partial charge is 0.254 e. The maximum Gasteiger partial charge on any atom is 0.254 e. The summed E-state index contributed by atoms with van der Waals surface area (Å²) in [5.74, 6) is 2.40. The fourth-order valence-corrected chi connectivity index (χ4v) is 3.83. The zero-order valence-electron chi connectivity index (χ0n) is 15.8. The summed E-state index contributed by atoms with van der Waals surface area (Å²) in [6.45, 7) is 2.35. The van der Waals surface area contributed by atoms with E-state index in [0.717, 1.165) is 39.0 Å². The third kappa shape index (κ3) is 4.12. The summed E-state index contributed by atoms with van der Waals surface area (Å²) in [6.07, 6.45) is 0. The molecule has 5 nitrogen and oxygen atoms in total. The van der Waals surface area contributed by atoms with Gasteiger partial charge in [-0.15, -0.1) is 0 Å². The number of amides is 1. The van der Waals surface area contributed by atoms with Crippen molar-refractivity contribution in [3.63, 3.8) is 0 Å². The number of para-hydroxylation sites is 2. The molecule has 0 atom stereocenters. The molecule has 142 valence electrons. The Morgan fingerprint density at radius 1 is 1.11 bits per heavy atom. The predicted molar refractivity (Wildman–Crippen MR) is 111 cm³/mol. The van der Waals surface area contributed by atoms with Crippen molar-refractivity contribution >= 4 is 28.7 Å². The average Bonchev–Trinajstić information content (AvgIpc) is 3.31. The average molecular weight is 391 g/mol. The lowest BCUT2D eigenvalue weighted by Gasteiger charge is -2.16. The van der Waals surface area contributed by atoms with Crippen molar-refractivity contribution in [2.45, 2.75) is 24.4 Å². The Morgan fingerprint density at radius 2 is 1.89 bits per heavy atom. The number of carbonyl (C=O) groups excluding carboxylic acids is 1.